The topological polar surface area (TPSA) is 83.6 Å². The Morgan fingerprint density at radius 3 is 2.94 bits per heavy atom. The number of rotatable bonds is 5. The number of H-pyrrole nitrogens is 1. The molecule has 0 bridgehead atoms. The number of thiazole rings is 1. The van der Waals surface area contributed by atoms with E-state index in [1.165, 1.54) is 11.8 Å². The highest BCUT2D eigenvalue weighted by atomic mass is 32.2. The quantitative estimate of drug-likeness (QED) is 0.873. The molecule has 0 saturated heterocycles. The second-order valence-corrected chi connectivity index (χ2v) is 5.69. The van der Waals surface area contributed by atoms with Gasteiger partial charge >= 0.3 is 0 Å². The van der Waals surface area contributed by atoms with E-state index in [0.717, 1.165) is 16.5 Å². The van der Waals surface area contributed by atoms with E-state index in [4.69, 9.17) is 0 Å². The predicted octanol–water partition coefficient (Wildman–Crippen LogP) is 1.75. The smallest absolute Gasteiger partial charge is 0.248 e. The number of hydrogen-bond donors (Lipinski definition) is 2. The zero-order valence-electron chi connectivity index (χ0n) is 10.1. The van der Waals surface area contributed by atoms with Gasteiger partial charge < -0.3 is 0 Å². The normalized spacial score (nSPS) is 10.6. The first-order valence-electron chi connectivity index (χ1n) is 5.31. The van der Waals surface area contributed by atoms with Gasteiger partial charge in [0.15, 0.2) is 0 Å². The van der Waals surface area contributed by atoms with Crippen LogP contribution in [0, 0.1) is 13.8 Å². The summed E-state index contributed by atoms with van der Waals surface area (Å²) in [6.07, 6.45) is 0. The van der Waals surface area contributed by atoms with Gasteiger partial charge in [-0.05, 0) is 13.8 Å². The second-order valence-electron chi connectivity index (χ2n) is 3.64. The number of amides is 1. The molecule has 0 spiro atoms. The molecule has 0 radical (unpaired) electrons. The Hall–Kier alpha value is -1.41. The zero-order valence-corrected chi connectivity index (χ0v) is 11.7. The van der Waals surface area contributed by atoms with Crippen molar-refractivity contribution < 1.29 is 4.79 Å². The summed E-state index contributed by atoms with van der Waals surface area (Å²) in [7, 11) is 0. The van der Waals surface area contributed by atoms with Crippen molar-refractivity contribution in [2.24, 2.45) is 0 Å². The summed E-state index contributed by atoms with van der Waals surface area (Å²) in [4.78, 5) is 19.9. The lowest BCUT2D eigenvalue weighted by molar-refractivity contribution is -0.113. The fourth-order valence-corrected chi connectivity index (χ4v) is 2.72. The van der Waals surface area contributed by atoms with Crippen LogP contribution in [0.4, 0.5) is 5.95 Å². The first-order valence-corrected chi connectivity index (χ1v) is 7.34. The van der Waals surface area contributed by atoms with Gasteiger partial charge in [-0.3, -0.25) is 15.2 Å². The van der Waals surface area contributed by atoms with Gasteiger partial charge in [0.05, 0.1) is 16.5 Å². The lowest BCUT2D eigenvalue weighted by Gasteiger charge is -1.99. The highest BCUT2D eigenvalue weighted by Gasteiger charge is 2.07. The van der Waals surface area contributed by atoms with Gasteiger partial charge in [-0.1, -0.05) is 0 Å². The van der Waals surface area contributed by atoms with Crippen LogP contribution in [0.1, 0.15) is 16.5 Å². The molecule has 2 heterocycles. The number of thioether (sulfide) groups is 1. The number of nitrogens with one attached hydrogen (secondary N) is 2. The Bertz CT molecular complexity index is 536. The predicted molar refractivity (Wildman–Crippen MR) is 72.8 cm³/mol. The minimum atomic E-state index is -0.106. The van der Waals surface area contributed by atoms with Crippen LogP contribution in [0.3, 0.4) is 0 Å². The molecule has 96 valence electrons. The van der Waals surface area contributed by atoms with E-state index >= 15 is 0 Å². The van der Waals surface area contributed by atoms with E-state index in [2.05, 4.69) is 25.5 Å². The highest BCUT2D eigenvalue weighted by molar-refractivity contribution is 7.99. The summed E-state index contributed by atoms with van der Waals surface area (Å²) in [6.45, 7) is 3.75. The van der Waals surface area contributed by atoms with Crippen LogP contribution in [0.5, 0.6) is 0 Å². The van der Waals surface area contributed by atoms with Gasteiger partial charge in [-0.15, -0.1) is 28.2 Å². The molecular formula is C10H13N5OS2. The largest absolute Gasteiger partial charge is 0.293 e. The standard InChI is InChI=1S/C10H13N5OS2/c1-6-11-10(15-14-6)13-9(16)5-17-3-8-4-18-7(2)12-8/h4H,3,5H2,1-2H3,(H2,11,13,14,15,16). The van der Waals surface area contributed by atoms with Crippen LogP contribution in [-0.4, -0.2) is 31.8 Å². The Morgan fingerprint density at radius 1 is 1.50 bits per heavy atom. The molecule has 0 atom stereocenters. The van der Waals surface area contributed by atoms with E-state index in [-0.39, 0.29) is 5.91 Å². The molecule has 0 aliphatic heterocycles. The second kappa shape index (κ2) is 5.96. The molecule has 2 aromatic rings. The first-order chi connectivity index (χ1) is 8.63. The number of aromatic amines is 1. The summed E-state index contributed by atoms with van der Waals surface area (Å²) < 4.78 is 0. The third-order valence-electron chi connectivity index (χ3n) is 2.00. The molecule has 0 aliphatic carbocycles. The lowest BCUT2D eigenvalue weighted by Crippen LogP contribution is -2.15. The number of carbonyl (C=O) groups is 1. The average molecular weight is 283 g/mol. The third kappa shape index (κ3) is 3.81. The number of carbonyl (C=O) groups excluding carboxylic acids is 1. The van der Waals surface area contributed by atoms with Crippen molar-refractivity contribution in [3.63, 3.8) is 0 Å². The molecule has 2 N–H and O–H groups in total. The molecule has 6 nitrogen and oxygen atoms in total. The summed E-state index contributed by atoms with van der Waals surface area (Å²) in [5, 5.41) is 12.2. The van der Waals surface area contributed by atoms with Crippen LogP contribution in [0.25, 0.3) is 0 Å². The molecule has 0 unspecified atom stereocenters. The average Bonchev–Trinajstić information content (AvgIpc) is 2.88. The summed E-state index contributed by atoms with van der Waals surface area (Å²) in [6, 6.07) is 0. The van der Waals surface area contributed by atoms with Crippen molar-refractivity contribution >= 4 is 35.0 Å². The number of nitrogens with zero attached hydrogens (tertiary/aromatic N) is 3. The SMILES string of the molecule is Cc1nc(NC(=O)CSCc2csc(C)n2)n[nH]1. The fraction of sp³-hybridized carbons (Fsp3) is 0.400. The zero-order chi connectivity index (χ0) is 13.0. The van der Waals surface area contributed by atoms with E-state index < -0.39 is 0 Å². The van der Waals surface area contributed by atoms with Crippen LogP contribution >= 0.6 is 23.1 Å². The lowest BCUT2D eigenvalue weighted by atomic mass is 10.6. The molecule has 0 fully saturated rings. The minimum absolute atomic E-state index is 0.106. The van der Waals surface area contributed by atoms with Crippen LogP contribution in [0.2, 0.25) is 0 Å². The van der Waals surface area contributed by atoms with Crippen molar-refractivity contribution in [3.8, 4) is 0 Å². The van der Waals surface area contributed by atoms with Crippen molar-refractivity contribution in [3.05, 3.63) is 21.9 Å². The molecule has 2 rings (SSSR count). The van der Waals surface area contributed by atoms with Gasteiger partial charge in [0.2, 0.25) is 11.9 Å². The number of aryl methyl sites for hydroxylation is 2. The van der Waals surface area contributed by atoms with Crippen molar-refractivity contribution in [2.45, 2.75) is 19.6 Å². The fourth-order valence-electron chi connectivity index (χ4n) is 1.28. The molecule has 2 aromatic heterocycles. The molecule has 0 aromatic carbocycles. The van der Waals surface area contributed by atoms with Crippen LogP contribution < -0.4 is 5.32 Å². The van der Waals surface area contributed by atoms with Crippen molar-refractivity contribution in [1.82, 2.24) is 20.2 Å². The van der Waals surface area contributed by atoms with E-state index in [0.29, 0.717) is 17.5 Å². The molecular weight excluding hydrogens is 270 g/mol. The first kappa shape index (κ1) is 13.0. The molecule has 18 heavy (non-hydrogen) atoms. The van der Waals surface area contributed by atoms with Gasteiger partial charge in [-0.25, -0.2) is 4.98 Å². The van der Waals surface area contributed by atoms with Gasteiger partial charge in [-0.2, -0.15) is 4.98 Å². The van der Waals surface area contributed by atoms with E-state index in [9.17, 15) is 4.79 Å². The Labute approximate surface area is 113 Å². The van der Waals surface area contributed by atoms with Gasteiger partial charge in [0.1, 0.15) is 5.82 Å². The maximum atomic E-state index is 11.6. The minimum Gasteiger partial charge on any atom is -0.293 e. The summed E-state index contributed by atoms with van der Waals surface area (Å²) in [5.41, 5.74) is 1.02. The molecule has 0 aliphatic rings. The Kier molecular flexibility index (Phi) is 4.32. The summed E-state index contributed by atoms with van der Waals surface area (Å²) in [5.74, 6) is 2.00. The summed E-state index contributed by atoms with van der Waals surface area (Å²) >= 11 is 3.14. The van der Waals surface area contributed by atoms with Crippen molar-refractivity contribution in [2.75, 3.05) is 11.1 Å². The van der Waals surface area contributed by atoms with Crippen LogP contribution in [-0.2, 0) is 10.5 Å². The Balaban J connectivity index is 1.72. The number of anilines is 1. The van der Waals surface area contributed by atoms with Crippen LogP contribution in [0.15, 0.2) is 5.38 Å². The maximum absolute atomic E-state index is 11.6. The molecule has 8 heteroatoms. The maximum Gasteiger partial charge on any atom is 0.248 e. The monoisotopic (exact) mass is 283 g/mol. The van der Waals surface area contributed by atoms with E-state index in [1.54, 1.807) is 18.3 Å². The highest BCUT2D eigenvalue weighted by Crippen LogP contribution is 2.15. The van der Waals surface area contributed by atoms with Crippen molar-refractivity contribution in [1.29, 1.82) is 0 Å². The van der Waals surface area contributed by atoms with Gasteiger partial charge in [0.25, 0.3) is 0 Å². The molecule has 1 amide bonds. The number of hydrogen-bond acceptors (Lipinski definition) is 6. The van der Waals surface area contributed by atoms with Gasteiger partial charge in [0, 0.05) is 11.1 Å². The number of aromatic nitrogens is 4. The molecule has 0 saturated carbocycles. The Morgan fingerprint density at radius 2 is 2.33 bits per heavy atom. The van der Waals surface area contributed by atoms with E-state index in [1.807, 2.05) is 12.3 Å². The third-order valence-corrected chi connectivity index (χ3v) is 3.79.